The molecular weight excluding hydrogens is 387 g/mol. The lowest BCUT2D eigenvalue weighted by Gasteiger charge is -2.36. The molecule has 2 N–H and O–H groups in total. The van der Waals surface area contributed by atoms with E-state index in [2.05, 4.69) is 36.1 Å². The third-order valence-electron chi connectivity index (χ3n) is 5.47. The number of fused-ring (bicyclic) bond motifs is 1. The van der Waals surface area contributed by atoms with Crippen molar-refractivity contribution in [1.29, 1.82) is 0 Å². The summed E-state index contributed by atoms with van der Waals surface area (Å²) in [4.78, 5) is 27.6. The molecule has 1 saturated heterocycles. The van der Waals surface area contributed by atoms with Gasteiger partial charge in [-0.25, -0.2) is 14.4 Å². The van der Waals surface area contributed by atoms with E-state index in [0.29, 0.717) is 17.6 Å². The molecule has 0 bridgehead atoms. The predicted molar refractivity (Wildman–Crippen MR) is 115 cm³/mol. The fourth-order valence-corrected chi connectivity index (χ4v) is 3.82. The highest BCUT2D eigenvalue weighted by molar-refractivity contribution is 5.76. The highest BCUT2D eigenvalue weighted by Gasteiger charge is 2.21. The van der Waals surface area contributed by atoms with Gasteiger partial charge in [0.1, 0.15) is 11.3 Å². The van der Waals surface area contributed by atoms with Crippen molar-refractivity contribution in [3.8, 4) is 5.88 Å². The zero-order valence-electron chi connectivity index (χ0n) is 17.3. The van der Waals surface area contributed by atoms with Crippen molar-refractivity contribution in [2.75, 3.05) is 50.6 Å². The second-order valence-electron chi connectivity index (χ2n) is 7.32. The average Bonchev–Trinajstić information content (AvgIpc) is 2.76. The number of rotatable bonds is 5. The normalized spacial score (nSPS) is 14.9. The van der Waals surface area contributed by atoms with Gasteiger partial charge in [-0.15, -0.1) is 0 Å². The molecule has 3 heterocycles. The van der Waals surface area contributed by atoms with Crippen LogP contribution in [0.5, 0.6) is 5.88 Å². The van der Waals surface area contributed by atoms with Crippen LogP contribution < -0.4 is 20.5 Å². The Morgan fingerprint density at radius 2 is 1.93 bits per heavy atom. The summed E-state index contributed by atoms with van der Waals surface area (Å²) in [6, 6.07) is 7.49. The molecular formula is C21H25FN6O2. The molecule has 30 heavy (non-hydrogen) atoms. The van der Waals surface area contributed by atoms with Crippen LogP contribution in [0, 0.1) is 12.7 Å². The first kappa shape index (κ1) is 20.1. The predicted octanol–water partition coefficient (Wildman–Crippen LogP) is 2.14. The molecule has 158 valence electrons. The van der Waals surface area contributed by atoms with Crippen LogP contribution in [0.15, 0.2) is 29.1 Å². The quantitative estimate of drug-likeness (QED) is 0.664. The zero-order chi connectivity index (χ0) is 21.3. The van der Waals surface area contributed by atoms with Gasteiger partial charge >= 0.3 is 5.56 Å². The highest BCUT2D eigenvalue weighted by atomic mass is 19.1. The number of benzene rings is 1. The summed E-state index contributed by atoms with van der Waals surface area (Å²) >= 11 is 0. The van der Waals surface area contributed by atoms with Gasteiger partial charge in [-0.1, -0.05) is 6.07 Å². The summed E-state index contributed by atoms with van der Waals surface area (Å²) < 4.78 is 19.9. The van der Waals surface area contributed by atoms with Gasteiger partial charge in [0.2, 0.25) is 0 Å². The molecule has 3 aromatic rings. The van der Waals surface area contributed by atoms with Crippen LogP contribution in [-0.2, 0) is 6.54 Å². The minimum atomic E-state index is -0.539. The number of H-pyrrole nitrogens is 1. The van der Waals surface area contributed by atoms with Crippen LogP contribution in [0.2, 0.25) is 0 Å². The van der Waals surface area contributed by atoms with E-state index in [-0.39, 0.29) is 11.4 Å². The van der Waals surface area contributed by atoms with E-state index in [1.54, 1.807) is 12.1 Å². The number of hydrogen-bond acceptors (Lipinski definition) is 7. The summed E-state index contributed by atoms with van der Waals surface area (Å²) in [5.41, 5.74) is 2.59. The van der Waals surface area contributed by atoms with Gasteiger partial charge in [-0.05, 0) is 25.1 Å². The molecule has 0 radical (unpaired) electrons. The fourth-order valence-electron chi connectivity index (χ4n) is 3.82. The van der Waals surface area contributed by atoms with Crippen molar-refractivity contribution < 1.29 is 9.13 Å². The second kappa shape index (κ2) is 8.27. The van der Waals surface area contributed by atoms with Gasteiger partial charge in [-0.3, -0.25) is 9.69 Å². The molecule has 0 amide bonds. The Bertz CT molecular complexity index is 1120. The van der Waals surface area contributed by atoms with Gasteiger partial charge in [-0.2, -0.15) is 0 Å². The number of piperazine rings is 1. The van der Waals surface area contributed by atoms with Crippen LogP contribution in [-0.4, -0.2) is 60.2 Å². The zero-order valence-corrected chi connectivity index (χ0v) is 17.3. The van der Waals surface area contributed by atoms with E-state index in [9.17, 15) is 4.79 Å². The molecule has 1 aliphatic rings. The smallest absolute Gasteiger partial charge is 0.311 e. The van der Waals surface area contributed by atoms with Crippen molar-refractivity contribution in [3.05, 3.63) is 51.7 Å². The van der Waals surface area contributed by atoms with Crippen molar-refractivity contribution in [3.63, 3.8) is 0 Å². The van der Waals surface area contributed by atoms with E-state index in [1.165, 1.54) is 7.11 Å². The number of aromatic nitrogens is 3. The number of aryl methyl sites for hydroxylation is 1. The van der Waals surface area contributed by atoms with E-state index in [1.807, 2.05) is 20.0 Å². The molecule has 9 heteroatoms. The first-order valence-corrected chi connectivity index (χ1v) is 9.88. The van der Waals surface area contributed by atoms with Gasteiger partial charge in [0.25, 0.3) is 5.88 Å². The third kappa shape index (κ3) is 3.80. The minimum Gasteiger partial charge on any atom is -0.477 e. The van der Waals surface area contributed by atoms with Crippen LogP contribution in [0.3, 0.4) is 0 Å². The molecule has 1 aromatic carbocycles. The van der Waals surface area contributed by atoms with Crippen LogP contribution in [0.25, 0.3) is 11.0 Å². The Morgan fingerprint density at radius 1 is 1.17 bits per heavy atom. The molecule has 0 atom stereocenters. The summed E-state index contributed by atoms with van der Waals surface area (Å²) in [7, 11) is 3.22. The summed E-state index contributed by atoms with van der Waals surface area (Å²) in [5.74, 6) is 0.343. The molecule has 4 rings (SSSR count). The first-order valence-electron chi connectivity index (χ1n) is 9.88. The summed E-state index contributed by atoms with van der Waals surface area (Å²) in [5, 5.41) is 3.05. The first-order chi connectivity index (χ1) is 14.5. The molecule has 0 spiro atoms. The topological polar surface area (TPSA) is 86.4 Å². The van der Waals surface area contributed by atoms with Crippen molar-refractivity contribution >= 4 is 22.5 Å². The second-order valence-corrected chi connectivity index (χ2v) is 7.32. The van der Waals surface area contributed by atoms with E-state index in [0.717, 1.165) is 43.4 Å². The Morgan fingerprint density at radius 3 is 2.60 bits per heavy atom. The molecule has 2 aromatic heterocycles. The van der Waals surface area contributed by atoms with Crippen LogP contribution in [0.4, 0.5) is 15.9 Å². The number of methoxy groups -OCH3 is 1. The molecule has 0 aliphatic carbocycles. The molecule has 8 nitrogen and oxygen atoms in total. The maximum atomic E-state index is 15.0. The lowest BCUT2D eigenvalue weighted by atomic mass is 10.1. The van der Waals surface area contributed by atoms with E-state index >= 15 is 4.39 Å². The number of anilines is 2. The Labute approximate surface area is 173 Å². The number of nitrogens with zero attached hydrogens (tertiary/aromatic N) is 4. The van der Waals surface area contributed by atoms with Crippen molar-refractivity contribution in [1.82, 2.24) is 19.9 Å². The maximum Gasteiger partial charge on any atom is 0.311 e. The number of ether oxygens (including phenoxy) is 1. The molecule has 1 fully saturated rings. The number of halogens is 1. The van der Waals surface area contributed by atoms with E-state index in [4.69, 9.17) is 4.74 Å². The molecule has 1 aliphatic heterocycles. The average molecular weight is 412 g/mol. The van der Waals surface area contributed by atoms with Crippen molar-refractivity contribution in [2.24, 2.45) is 0 Å². The van der Waals surface area contributed by atoms with Gasteiger partial charge < -0.3 is 19.9 Å². The Balaban J connectivity index is 1.47. The number of pyridine rings is 1. The van der Waals surface area contributed by atoms with Crippen LogP contribution in [0.1, 0.15) is 11.3 Å². The van der Waals surface area contributed by atoms with Crippen molar-refractivity contribution in [2.45, 2.75) is 13.5 Å². The van der Waals surface area contributed by atoms with Crippen LogP contribution >= 0.6 is 0 Å². The number of nitrogens with one attached hydrogen (secondary N) is 2. The molecule has 0 unspecified atom stereocenters. The fraction of sp³-hybridized carbons (Fsp3) is 0.381. The summed E-state index contributed by atoms with van der Waals surface area (Å²) in [6.07, 6.45) is 0. The monoisotopic (exact) mass is 412 g/mol. The van der Waals surface area contributed by atoms with Gasteiger partial charge in [0.05, 0.1) is 24.0 Å². The maximum absolute atomic E-state index is 15.0. The number of hydrogen-bond donors (Lipinski definition) is 2. The Kier molecular flexibility index (Phi) is 5.54. The largest absolute Gasteiger partial charge is 0.477 e. The van der Waals surface area contributed by atoms with Gasteiger partial charge in [0, 0.05) is 45.3 Å². The highest BCUT2D eigenvalue weighted by Crippen LogP contribution is 2.24. The lowest BCUT2D eigenvalue weighted by Crippen LogP contribution is -2.46. The molecule has 0 saturated carbocycles. The van der Waals surface area contributed by atoms with E-state index < -0.39 is 11.4 Å². The third-order valence-corrected chi connectivity index (χ3v) is 5.47. The number of aromatic amines is 1. The van der Waals surface area contributed by atoms with Gasteiger partial charge in [0.15, 0.2) is 5.82 Å². The summed E-state index contributed by atoms with van der Waals surface area (Å²) in [6.45, 7) is 5.78. The minimum absolute atomic E-state index is 0.0710. The lowest BCUT2D eigenvalue weighted by molar-refractivity contribution is 0.246. The SMILES string of the molecule is CNc1ccc(N2CCN(Cc3ccc4nc(OC)c(=O)[nH]c4c3F)CC2)c(C)n1. The standard InChI is InChI=1S/C21H25FN6O2/c1-13-16(6-7-17(23-2)24-13)28-10-8-27(9-11-28)12-14-4-5-15-19(18(14)22)26-20(29)21(25-15)30-3/h4-7H,8-12H2,1-3H3,(H,23,24)(H,26,29). The Hall–Kier alpha value is -3.20.